The molecule has 0 amide bonds. The topological polar surface area (TPSA) is 102 Å². The third kappa shape index (κ3) is 3.71. The van der Waals surface area contributed by atoms with Gasteiger partial charge in [0.2, 0.25) is 13.6 Å². The first-order chi connectivity index (χ1) is 16.1. The summed E-state index contributed by atoms with van der Waals surface area (Å²) in [5.41, 5.74) is 3.56. The fourth-order valence-corrected chi connectivity index (χ4v) is 3.95. The molecule has 9 nitrogen and oxygen atoms in total. The van der Waals surface area contributed by atoms with E-state index in [1.54, 1.807) is 26.0 Å². The third-order valence-corrected chi connectivity index (χ3v) is 5.27. The monoisotopic (exact) mass is 451 g/mol. The maximum Gasteiger partial charge on any atom is 0.332 e. The number of fused-ring (bicyclic) bond motifs is 6. The minimum atomic E-state index is -0.533. The molecule has 3 aliphatic rings. The molecule has 1 N–H and O–H groups in total. The fraction of sp³-hybridized carbons (Fsp3) is 0.250. The highest BCUT2D eigenvalue weighted by Crippen LogP contribution is 2.51. The van der Waals surface area contributed by atoms with Gasteiger partial charge in [-0.3, -0.25) is 0 Å². The summed E-state index contributed by atoms with van der Waals surface area (Å²) in [6, 6.07) is 7.20. The van der Waals surface area contributed by atoms with Gasteiger partial charge in [0, 0.05) is 28.8 Å². The van der Waals surface area contributed by atoms with E-state index in [0.717, 1.165) is 0 Å². The highest BCUT2D eigenvalue weighted by Gasteiger charge is 2.32. The normalized spacial score (nSPS) is 17.2. The zero-order valence-corrected chi connectivity index (χ0v) is 18.1. The SMILES string of the molecule is CCOC(=O)/C=C1\N/C(=C\C(=O)OCC)c2ccc3c(c2-c2cc4c(cc21)OCO4)OCO3. The predicted octanol–water partition coefficient (Wildman–Crippen LogP) is 3.22. The van der Waals surface area contributed by atoms with Crippen molar-refractivity contribution in [1.82, 2.24) is 5.32 Å². The van der Waals surface area contributed by atoms with Crippen molar-refractivity contribution in [2.24, 2.45) is 0 Å². The maximum absolute atomic E-state index is 12.4. The predicted molar refractivity (Wildman–Crippen MR) is 116 cm³/mol. The summed E-state index contributed by atoms with van der Waals surface area (Å²) in [6.45, 7) is 4.07. The highest BCUT2D eigenvalue weighted by molar-refractivity contribution is 6.05. The maximum atomic E-state index is 12.4. The first-order valence-corrected chi connectivity index (χ1v) is 10.5. The molecule has 0 bridgehead atoms. The summed E-state index contributed by atoms with van der Waals surface area (Å²) in [4.78, 5) is 24.8. The van der Waals surface area contributed by atoms with Crippen molar-refractivity contribution in [3.8, 4) is 34.1 Å². The van der Waals surface area contributed by atoms with E-state index in [9.17, 15) is 9.59 Å². The Morgan fingerprint density at radius 1 is 0.818 bits per heavy atom. The largest absolute Gasteiger partial charge is 0.463 e. The second-order valence-corrected chi connectivity index (χ2v) is 7.22. The molecule has 0 atom stereocenters. The number of hydrogen-bond donors (Lipinski definition) is 1. The van der Waals surface area contributed by atoms with Gasteiger partial charge in [0.15, 0.2) is 23.0 Å². The van der Waals surface area contributed by atoms with Gasteiger partial charge in [-0.15, -0.1) is 0 Å². The average molecular weight is 451 g/mol. The van der Waals surface area contributed by atoms with Gasteiger partial charge in [0.05, 0.1) is 24.6 Å². The van der Waals surface area contributed by atoms with E-state index < -0.39 is 11.9 Å². The first kappa shape index (κ1) is 20.7. The van der Waals surface area contributed by atoms with Crippen molar-refractivity contribution in [2.45, 2.75) is 13.8 Å². The van der Waals surface area contributed by atoms with Crippen molar-refractivity contribution >= 4 is 23.3 Å². The van der Waals surface area contributed by atoms with Crippen LogP contribution in [0.3, 0.4) is 0 Å². The van der Waals surface area contributed by atoms with Gasteiger partial charge in [-0.2, -0.15) is 0 Å². The van der Waals surface area contributed by atoms with Crippen LogP contribution in [0, 0.1) is 0 Å². The van der Waals surface area contributed by atoms with E-state index in [1.807, 2.05) is 12.1 Å². The zero-order valence-electron chi connectivity index (χ0n) is 18.1. The number of carbonyl (C=O) groups is 2. The summed E-state index contributed by atoms with van der Waals surface area (Å²) < 4.78 is 32.8. The summed E-state index contributed by atoms with van der Waals surface area (Å²) in [5, 5.41) is 3.22. The molecule has 0 saturated heterocycles. The van der Waals surface area contributed by atoms with E-state index in [4.69, 9.17) is 28.4 Å². The molecule has 0 saturated carbocycles. The number of nitrogens with one attached hydrogen (secondary N) is 1. The van der Waals surface area contributed by atoms with Crippen LogP contribution < -0.4 is 24.3 Å². The second-order valence-electron chi connectivity index (χ2n) is 7.22. The second kappa shape index (κ2) is 8.42. The van der Waals surface area contributed by atoms with E-state index in [2.05, 4.69) is 5.32 Å². The van der Waals surface area contributed by atoms with Gasteiger partial charge >= 0.3 is 11.9 Å². The lowest BCUT2D eigenvalue weighted by molar-refractivity contribution is -0.138. The number of benzene rings is 2. The van der Waals surface area contributed by atoms with Gasteiger partial charge < -0.3 is 33.7 Å². The van der Waals surface area contributed by atoms with E-state index in [1.165, 1.54) is 12.2 Å². The van der Waals surface area contributed by atoms with Crippen LogP contribution in [0.4, 0.5) is 0 Å². The smallest absolute Gasteiger partial charge is 0.332 e. The number of carbonyl (C=O) groups excluding carboxylic acids is 2. The van der Waals surface area contributed by atoms with Crippen LogP contribution in [-0.4, -0.2) is 38.7 Å². The van der Waals surface area contributed by atoms with Crippen LogP contribution in [0.2, 0.25) is 0 Å². The average Bonchev–Trinajstić information content (AvgIpc) is 3.43. The molecule has 3 aliphatic heterocycles. The van der Waals surface area contributed by atoms with Gasteiger partial charge in [0.1, 0.15) is 0 Å². The van der Waals surface area contributed by atoms with Crippen molar-refractivity contribution in [3.63, 3.8) is 0 Å². The van der Waals surface area contributed by atoms with E-state index in [-0.39, 0.29) is 26.8 Å². The van der Waals surface area contributed by atoms with Gasteiger partial charge in [0.25, 0.3) is 0 Å². The Labute approximate surface area is 189 Å². The lowest BCUT2D eigenvalue weighted by Crippen LogP contribution is -2.14. The molecule has 0 spiro atoms. The van der Waals surface area contributed by atoms with Crippen molar-refractivity contribution in [3.05, 3.63) is 47.5 Å². The van der Waals surface area contributed by atoms with Crippen LogP contribution in [-0.2, 0) is 19.1 Å². The van der Waals surface area contributed by atoms with Crippen molar-refractivity contribution in [1.29, 1.82) is 0 Å². The minimum Gasteiger partial charge on any atom is -0.463 e. The lowest BCUT2D eigenvalue weighted by Gasteiger charge is -2.13. The highest BCUT2D eigenvalue weighted by atomic mass is 16.7. The molecule has 2 aromatic rings. The van der Waals surface area contributed by atoms with Crippen LogP contribution in [0.1, 0.15) is 25.0 Å². The molecule has 170 valence electrons. The summed E-state index contributed by atoms with van der Waals surface area (Å²) in [5.74, 6) is 1.14. The van der Waals surface area contributed by atoms with Gasteiger partial charge in [-0.05, 0) is 43.7 Å². The Balaban J connectivity index is 1.79. The number of rotatable bonds is 4. The van der Waals surface area contributed by atoms with Crippen LogP contribution in [0.15, 0.2) is 36.4 Å². The molecule has 3 heterocycles. The zero-order chi connectivity index (χ0) is 22.9. The Hall–Kier alpha value is -4.14. The molecule has 2 aromatic carbocycles. The van der Waals surface area contributed by atoms with Gasteiger partial charge in [-0.25, -0.2) is 9.59 Å². The minimum absolute atomic E-state index is 0.0710. The van der Waals surface area contributed by atoms with Crippen LogP contribution in [0.5, 0.6) is 23.0 Å². The molecule has 0 fully saturated rings. The lowest BCUT2D eigenvalue weighted by atomic mass is 9.93. The molecular formula is C24H21NO8. The molecule has 9 heteroatoms. The fourth-order valence-electron chi connectivity index (χ4n) is 3.95. The summed E-state index contributed by atoms with van der Waals surface area (Å²) in [6.07, 6.45) is 2.68. The van der Waals surface area contributed by atoms with Crippen LogP contribution in [0.25, 0.3) is 22.5 Å². The molecule has 0 unspecified atom stereocenters. The Morgan fingerprint density at radius 3 is 2.06 bits per heavy atom. The first-order valence-electron chi connectivity index (χ1n) is 10.5. The number of hydrogen-bond acceptors (Lipinski definition) is 9. The molecule has 33 heavy (non-hydrogen) atoms. The van der Waals surface area contributed by atoms with E-state index in [0.29, 0.717) is 56.6 Å². The summed E-state index contributed by atoms with van der Waals surface area (Å²) in [7, 11) is 0. The molecular weight excluding hydrogens is 430 g/mol. The Kier molecular flexibility index (Phi) is 5.29. The number of ether oxygens (including phenoxy) is 6. The van der Waals surface area contributed by atoms with Crippen molar-refractivity contribution in [2.75, 3.05) is 26.8 Å². The Morgan fingerprint density at radius 2 is 1.39 bits per heavy atom. The number of esters is 2. The standard InChI is InChI=1S/C24H21NO8/c1-3-28-21(26)9-16-13-5-6-18-24(33-12-30-18)23(13)15-8-20-19(31-11-32-20)7-14(15)17(25-16)10-22(27)29-4-2/h5-10,25H,3-4,11-12H2,1-2H3/b16-9-,17-10-. The Bertz CT molecular complexity index is 1210. The molecule has 0 radical (unpaired) electrons. The molecule has 0 aliphatic carbocycles. The summed E-state index contributed by atoms with van der Waals surface area (Å²) >= 11 is 0. The van der Waals surface area contributed by atoms with Crippen LogP contribution >= 0.6 is 0 Å². The van der Waals surface area contributed by atoms with Crippen molar-refractivity contribution < 1.29 is 38.0 Å². The third-order valence-electron chi connectivity index (χ3n) is 5.27. The van der Waals surface area contributed by atoms with E-state index >= 15 is 0 Å². The molecule has 0 aromatic heterocycles. The quantitative estimate of drug-likeness (QED) is 0.555. The molecule has 5 rings (SSSR count). The van der Waals surface area contributed by atoms with Gasteiger partial charge in [-0.1, -0.05) is 0 Å².